The van der Waals surface area contributed by atoms with E-state index in [1.165, 1.54) is 12.1 Å². The molecule has 0 radical (unpaired) electrons. The Labute approximate surface area is 119 Å². The molecular weight excluding hydrogens is 257 g/mol. The number of benzene rings is 1. The van der Waals surface area contributed by atoms with Crippen molar-refractivity contribution < 1.29 is 9.18 Å². The number of nitrogens with one attached hydrogen (secondary N) is 1. The summed E-state index contributed by atoms with van der Waals surface area (Å²) in [4.78, 5) is 15.8. The lowest BCUT2D eigenvalue weighted by Gasteiger charge is -2.36. The maximum atomic E-state index is 12.9. The van der Waals surface area contributed by atoms with Gasteiger partial charge in [0.1, 0.15) is 5.82 Å². The van der Waals surface area contributed by atoms with Crippen LogP contribution >= 0.6 is 0 Å². The molecule has 1 fully saturated rings. The molecule has 1 aliphatic heterocycles. The number of carbonyl (C=O) groups is 1. The molecule has 1 heterocycles. The van der Waals surface area contributed by atoms with Crippen LogP contribution in [0.5, 0.6) is 0 Å². The summed E-state index contributed by atoms with van der Waals surface area (Å²) in [5.74, 6) is -0.0889. The average Bonchev–Trinajstić information content (AvgIpc) is 2.48. The molecule has 1 N–H and O–H groups in total. The summed E-state index contributed by atoms with van der Waals surface area (Å²) in [7, 11) is 0. The summed E-state index contributed by atoms with van der Waals surface area (Å²) in [6.45, 7) is 7.28. The number of carbonyl (C=O) groups excluding carboxylic acids is 1. The molecule has 1 saturated heterocycles. The van der Waals surface area contributed by atoms with Gasteiger partial charge in [-0.15, -0.1) is 0 Å². The summed E-state index contributed by atoms with van der Waals surface area (Å²) >= 11 is 0. The number of anilines is 1. The monoisotopic (exact) mass is 279 g/mol. The molecule has 1 aromatic rings. The van der Waals surface area contributed by atoms with Gasteiger partial charge in [0, 0.05) is 51.4 Å². The molecule has 0 aromatic heterocycles. The van der Waals surface area contributed by atoms with Gasteiger partial charge in [-0.3, -0.25) is 9.69 Å². The zero-order valence-corrected chi connectivity index (χ0v) is 11.9. The van der Waals surface area contributed by atoms with Crippen LogP contribution in [0.3, 0.4) is 0 Å². The molecule has 110 valence electrons. The van der Waals surface area contributed by atoms with Gasteiger partial charge in [0.05, 0.1) is 0 Å². The molecule has 2 rings (SSSR count). The van der Waals surface area contributed by atoms with Gasteiger partial charge in [-0.05, 0) is 24.3 Å². The minimum Gasteiger partial charge on any atom is -0.369 e. The topological polar surface area (TPSA) is 35.6 Å². The first-order valence-corrected chi connectivity index (χ1v) is 7.18. The molecule has 0 saturated carbocycles. The highest BCUT2D eigenvalue weighted by atomic mass is 19.1. The van der Waals surface area contributed by atoms with E-state index in [9.17, 15) is 9.18 Å². The number of amides is 1. The first-order valence-electron chi connectivity index (χ1n) is 7.18. The van der Waals surface area contributed by atoms with E-state index in [0.717, 1.165) is 38.4 Å². The van der Waals surface area contributed by atoms with E-state index in [0.29, 0.717) is 13.0 Å². The van der Waals surface area contributed by atoms with Crippen LogP contribution in [0.4, 0.5) is 10.1 Å². The summed E-state index contributed by atoms with van der Waals surface area (Å²) in [5, 5.41) is 2.89. The normalized spacial score (nSPS) is 16.2. The molecule has 0 atom stereocenters. The molecule has 0 unspecified atom stereocenters. The van der Waals surface area contributed by atoms with Crippen LogP contribution in [-0.4, -0.2) is 50.1 Å². The lowest BCUT2D eigenvalue weighted by Crippen LogP contribution is -2.48. The molecule has 1 amide bonds. The Morgan fingerprint density at radius 1 is 1.20 bits per heavy atom. The van der Waals surface area contributed by atoms with E-state index in [1.54, 1.807) is 0 Å². The first-order chi connectivity index (χ1) is 9.69. The van der Waals surface area contributed by atoms with Crippen LogP contribution in [0.25, 0.3) is 0 Å². The van der Waals surface area contributed by atoms with Gasteiger partial charge in [-0.2, -0.15) is 0 Å². The van der Waals surface area contributed by atoms with Crippen LogP contribution in [-0.2, 0) is 4.79 Å². The lowest BCUT2D eigenvalue weighted by molar-refractivity contribution is -0.120. The fraction of sp³-hybridized carbons (Fsp3) is 0.533. The van der Waals surface area contributed by atoms with Crippen LogP contribution < -0.4 is 10.2 Å². The Morgan fingerprint density at radius 3 is 2.45 bits per heavy atom. The largest absolute Gasteiger partial charge is 0.369 e. The fourth-order valence-electron chi connectivity index (χ4n) is 2.36. The molecule has 0 aliphatic carbocycles. The highest BCUT2D eigenvalue weighted by molar-refractivity contribution is 5.75. The fourth-order valence-corrected chi connectivity index (χ4v) is 2.36. The van der Waals surface area contributed by atoms with Gasteiger partial charge in [0.15, 0.2) is 0 Å². The third-order valence-electron chi connectivity index (χ3n) is 3.64. The number of piperazine rings is 1. The second-order valence-electron chi connectivity index (χ2n) is 5.01. The van der Waals surface area contributed by atoms with E-state index in [4.69, 9.17) is 0 Å². The van der Waals surface area contributed by atoms with E-state index in [2.05, 4.69) is 15.1 Å². The van der Waals surface area contributed by atoms with Crippen LogP contribution in [0, 0.1) is 5.82 Å². The third kappa shape index (κ3) is 4.20. The maximum absolute atomic E-state index is 12.9. The standard InChI is InChI=1S/C15H22FN3O/c1-2-15(20)17-7-8-18-9-11-19(12-10-18)14-5-3-13(16)4-6-14/h3-6H,2,7-12H2,1H3,(H,17,20). The summed E-state index contributed by atoms with van der Waals surface area (Å²) in [5.41, 5.74) is 1.07. The van der Waals surface area contributed by atoms with Gasteiger partial charge >= 0.3 is 0 Å². The summed E-state index contributed by atoms with van der Waals surface area (Å²) < 4.78 is 12.9. The zero-order chi connectivity index (χ0) is 14.4. The number of nitrogens with zero attached hydrogens (tertiary/aromatic N) is 2. The Bertz CT molecular complexity index is 427. The van der Waals surface area contributed by atoms with E-state index in [-0.39, 0.29) is 11.7 Å². The van der Waals surface area contributed by atoms with Crippen molar-refractivity contribution in [2.24, 2.45) is 0 Å². The van der Waals surface area contributed by atoms with Gasteiger partial charge in [0.2, 0.25) is 5.91 Å². The van der Waals surface area contributed by atoms with Crippen molar-refractivity contribution in [1.82, 2.24) is 10.2 Å². The SMILES string of the molecule is CCC(=O)NCCN1CCN(c2ccc(F)cc2)CC1. The van der Waals surface area contributed by atoms with Crippen molar-refractivity contribution in [2.75, 3.05) is 44.2 Å². The van der Waals surface area contributed by atoms with Crippen molar-refractivity contribution in [3.05, 3.63) is 30.1 Å². The average molecular weight is 279 g/mol. The molecule has 1 aromatic carbocycles. The van der Waals surface area contributed by atoms with Crippen LogP contribution in [0.15, 0.2) is 24.3 Å². The van der Waals surface area contributed by atoms with Crippen molar-refractivity contribution in [1.29, 1.82) is 0 Å². The molecular formula is C15H22FN3O. The molecule has 1 aliphatic rings. The van der Waals surface area contributed by atoms with Gasteiger partial charge in [-0.1, -0.05) is 6.92 Å². The minimum atomic E-state index is -0.195. The highest BCUT2D eigenvalue weighted by Crippen LogP contribution is 2.16. The summed E-state index contributed by atoms with van der Waals surface area (Å²) in [6, 6.07) is 6.66. The molecule has 4 nitrogen and oxygen atoms in total. The van der Waals surface area contributed by atoms with Gasteiger partial charge < -0.3 is 10.2 Å². The van der Waals surface area contributed by atoms with Crippen LogP contribution in [0.1, 0.15) is 13.3 Å². The molecule has 0 bridgehead atoms. The second-order valence-corrected chi connectivity index (χ2v) is 5.01. The molecule has 20 heavy (non-hydrogen) atoms. The van der Waals surface area contributed by atoms with E-state index >= 15 is 0 Å². The van der Waals surface area contributed by atoms with Crippen molar-refractivity contribution in [3.8, 4) is 0 Å². The first kappa shape index (κ1) is 14.8. The number of halogens is 1. The third-order valence-corrected chi connectivity index (χ3v) is 3.64. The second kappa shape index (κ2) is 7.24. The highest BCUT2D eigenvalue weighted by Gasteiger charge is 2.16. The molecule has 0 spiro atoms. The number of rotatable bonds is 5. The van der Waals surface area contributed by atoms with Crippen molar-refractivity contribution >= 4 is 11.6 Å². The van der Waals surface area contributed by atoms with Gasteiger partial charge in [-0.25, -0.2) is 4.39 Å². The van der Waals surface area contributed by atoms with Crippen molar-refractivity contribution in [3.63, 3.8) is 0 Å². The molecule has 5 heteroatoms. The summed E-state index contributed by atoms with van der Waals surface area (Å²) in [6.07, 6.45) is 0.540. The van der Waals surface area contributed by atoms with E-state index in [1.807, 2.05) is 19.1 Å². The number of hydrogen-bond acceptors (Lipinski definition) is 3. The smallest absolute Gasteiger partial charge is 0.219 e. The van der Waals surface area contributed by atoms with E-state index < -0.39 is 0 Å². The number of hydrogen-bond donors (Lipinski definition) is 1. The zero-order valence-electron chi connectivity index (χ0n) is 11.9. The predicted molar refractivity (Wildman–Crippen MR) is 78.4 cm³/mol. The Hall–Kier alpha value is -1.62. The van der Waals surface area contributed by atoms with Gasteiger partial charge in [0.25, 0.3) is 0 Å². The maximum Gasteiger partial charge on any atom is 0.219 e. The van der Waals surface area contributed by atoms with Crippen molar-refractivity contribution in [2.45, 2.75) is 13.3 Å². The van der Waals surface area contributed by atoms with Crippen LogP contribution in [0.2, 0.25) is 0 Å². The Balaban J connectivity index is 1.72. The quantitative estimate of drug-likeness (QED) is 0.886. The Morgan fingerprint density at radius 2 is 1.85 bits per heavy atom. The Kier molecular flexibility index (Phi) is 5.35. The predicted octanol–water partition coefficient (Wildman–Crippen LogP) is 1.47. The minimum absolute atomic E-state index is 0.106. The lowest BCUT2D eigenvalue weighted by atomic mass is 10.2.